The number of rotatable bonds is 12. The molecule has 3 aliphatic rings. The van der Waals surface area contributed by atoms with E-state index in [0.717, 1.165) is 109 Å². The van der Waals surface area contributed by atoms with E-state index in [9.17, 15) is 20.2 Å². The fraction of sp³-hybridized carbons (Fsp3) is 0.559. The van der Waals surface area contributed by atoms with Gasteiger partial charge in [-0.25, -0.2) is 4.98 Å². The van der Waals surface area contributed by atoms with Crippen LogP contribution in [0.2, 0.25) is 0 Å². The zero-order valence-electron chi connectivity index (χ0n) is 30.6. The molecule has 0 bridgehead atoms. The number of anilines is 1. The molecule has 20 heteroatoms. The van der Waals surface area contributed by atoms with E-state index in [1.54, 1.807) is 24.4 Å². The van der Waals surface area contributed by atoms with Crippen LogP contribution in [0.3, 0.4) is 0 Å². The Morgan fingerprint density at radius 3 is 1.57 bits per heavy atom. The van der Waals surface area contributed by atoms with Crippen LogP contribution in [0.4, 0.5) is 17.5 Å². The van der Waals surface area contributed by atoms with Crippen molar-refractivity contribution in [3.63, 3.8) is 0 Å². The first kappa shape index (κ1) is 44.2. The van der Waals surface area contributed by atoms with Crippen LogP contribution < -0.4 is 15.2 Å². The van der Waals surface area contributed by atoms with E-state index >= 15 is 0 Å². The van der Waals surface area contributed by atoms with Gasteiger partial charge >= 0.3 is 11.6 Å². The minimum absolute atomic E-state index is 0.136. The van der Waals surface area contributed by atoms with Crippen LogP contribution in [0.5, 0.6) is 11.5 Å². The number of aliphatic hydroxyl groups is 1. The van der Waals surface area contributed by atoms with Crippen LogP contribution in [0.1, 0.15) is 0 Å². The van der Waals surface area contributed by atoms with Crippen LogP contribution in [-0.4, -0.2) is 175 Å². The zero-order chi connectivity index (χ0) is 39.0. The Hall–Kier alpha value is -4.15. The lowest BCUT2D eigenvalue weighted by Gasteiger charge is -2.31. The summed E-state index contributed by atoms with van der Waals surface area (Å²) < 4.78 is 22.3. The van der Waals surface area contributed by atoms with Crippen LogP contribution in [0.15, 0.2) is 59.5 Å². The summed E-state index contributed by atoms with van der Waals surface area (Å²) in [7, 11) is 2.14. The molecule has 19 nitrogen and oxygen atoms in total. The number of piperazine rings is 1. The maximum Gasteiger partial charge on any atom is 0.363 e. The molecule has 3 aliphatic heterocycles. The summed E-state index contributed by atoms with van der Waals surface area (Å²) in [5.74, 6) is 1.52. The van der Waals surface area contributed by atoms with Gasteiger partial charge in [0.25, 0.3) is 0 Å². The Morgan fingerprint density at radius 1 is 0.704 bits per heavy atom. The Kier molecular flexibility index (Phi) is 21.1. The number of aromatic nitrogens is 3. The maximum atomic E-state index is 10.4. The minimum atomic E-state index is -0.535. The molecule has 3 saturated heterocycles. The third-order valence-corrected chi connectivity index (χ3v) is 8.61. The Morgan fingerprint density at radius 2 is 1.17 bits per heavy atom. The number of hydrogen-bond donors (Lipinski definition) is 2. The van der Waals surface area contributed by atoms with E-state index in [1.807, 2.05) is 6.07 Å². The normalized spacial score (nSPS) is 16.6. The molecular weight excluding hydrogens is 772 g/mol. The number of nitrogens with zero attached hydrogens (tertiary/aromatic N) is 9. The molecule has 3 aromatic rings. The molecule has 0 aromatic carbocycles. The predicted molar refractivity (Wildman–Crippen MR) is 205 cm³/mol. The summed E-state index contributed by atoms with van der Waals surface area (Å²) in [4.78, 5) is 39.8. The van der Waals surface area contributed by atoms with Gasteiger partial charge in [0.05, 0.1) is 43.7 Å². The topological polar surface area (TPSA) is 221 Å². The monoisotopic (exact) mass is 822 g/mol. The predicted octanol–water partition coefficient (Wildman–Crippen LogP) is 2.05. The summed E-state index contributed by atoms with van der Waals surface area (Å²) in [6, 6.07) is 9.38. The number of hydrogen-bond acceptors (Lipinski definition) is 17. The first-order chi connectivity index (χ1) is 26.1. The van der Waals surface area contributed by atoms with E-state index in [2.05, 4.69) is 57.5 Å². The van der Waals surface area contributed by atoms with E-state index in [0.29, 0.717) is 31.4 Å². The number of pyridine rings is 3. The average Bonchev–Trinajstić information content (AvgIpc) is 3.19. The van der Waals surface area contributed by atoms with Crippen molar-refractivity contribution in [2.24, 2.45) is 0 Å². The molecule has 0 spiro atoms. The molecule has 298 valence electrons. The number of β-amino-alcohol motifs (C(OH)–C–C–N with tert-alkyl or cyclic N) is 1. The molecule has 3 fully saturated rings. The lowest BCUT2D eigenvalue weighted by atomic mass is 10.3. The smallest absolute Gasteiger partial charge is 0.363 e. The summed E-state index contributed by atoms with van der Waals surface area (Å²) in [6.07, 6.45) is 4.41. The highest BCUT2D eigenvalue weighted by molar-refractivity contribution is 9.10. The zero-order valence-corrected chi connectivity index (χ0v) is 32.2. The van der Waals surface area contributed by atoms with Gasteiger partial charge in [-0.1, -0.05) is 0 Å². The molecular formula is C34H51BrN10O9. The van der Waals surface area contributed by atoms with E-state index < -0.39 is 9.85 Å². The summed E-state index contributed by atoms with van der Waals surface area (Å²) in [5.41, 5.74) is 5.48. The molecule has 0 atom stereocenters. The number of ether oxygens (including phenoxy) is 4. The van der Waals surface area contributed by atoms with Crippen molar-refractivity contribution in [2.75, 3.05) is 131 Å². The van der Waals surface area contributed by atoms with Gasteiger partial charge < -0.3 is 54.9 Å². The maximum absolute atomic E-state index is 10.4. The summed E-state index contributed by atoms with van der Waals surface area (Å²) in [6.45, 7) is 15.6. The lowest BCUT2D eigenvalue weighted by molar-refractivity contribution is -0.389. The number of halogens is 1. The second kappa shape index (κ2) is 25.8. The highest BCUT2D eigenvalue weighted by Gasteiger charge is 2.13. The van der Waals surface area contributed by atoms with E-state index in [-0.39, 0.29) is 11.6 Å². The van der Waals surface area contributed by atoms with Crippen LogP contribution in [0.25, 0.3) is 0 Å². The van der Waals surface area contributed by atoms with Gasteiger partial charge in [0.2, 0.25) is 0 Å². The number of nitrogen functional groups attached to an aromatic ring is 1. The van der Waals surface area contributed by atoms with Gasteiger partial charge in [-0.3, -0.25) is 14.7 Å². The fourth-order valence-corrected chi connectivity index (χ4v) is 5.20. The van der Waals surface area contributed by atoms with E-state index in [4.69, 9.17) is 29.8 Å². The van der Waals surface area contributed by atoms with Gasteiger partial charge in [-0.05, 0) is 67.1 Å². The van der Waals surface area contributed by atoms with Crippen LogP contribution in [-0.2, 0) is 9.47 Å². The largest absolute Gasteiger partial charge is 0.491 e. The number of morpholine rings is 2. The van der Waals surface area contributed by atoms with Gasteiger partial charge in [-0.2, -0.15) is 0 Å². The van der Waals surface area contributed by atoms with Crippen molar-refractivity contribution < 1.29 is 33.9 Å². The third kappa shape index (κ3) is 18.7. The highest BCUT2D eigenvalue weighted by atomic mass is 79.9. The minimum Gasteiger partial charge on any atom is -0.491 e. The van der Waals surface area contributed by atoms with Crippen LogP contribution in [0, 0.1) is 20.2 Å². The lowest BCUT2D eigenvalue weighted by Crippen LogP contribution is -2.45. The quantitative estimate of drug-likeness (QED) is 0.197. The van der Waals surface area contributed by atoms with Gasteiger partial charge in [0.1, 0.15) is 24.8 Å². The van der Waals surface area contributed by atoms with Crippen molar-refractivity contribution in [3.8, 4) is 11.5 Å². The molecule has 3 N–H and O–H groups in total. The Balaban J connectivity index is 0.000000200. The number of nitro groups is 2. The second-order valence-electron chi connectivity index (χ2n) is 12.1. The van der Waals surface area contributed by atoms with Gasteiger partial charge in [0, 0.05) is 84.1 Å². The second-order valence-corrected chi connectivity index (χ2v) is 13.0. The molecule has 3 aromatic heterocycles. The molecule has 0 saturated carbocycles. The Labute approximate surface area is 323 Å². The van der Waals surface area contributed by atoms with Crippen molar-refractivity contribution in [1.82, 2.24) is 34.6 Å². The van der Waals surface area contributed by atoms with Crippen molar-refractivity contribution in [3.05, 3.63) is 79.7 Å². The molecule has 6 rings (SSSR count). The summed E-state index contributed by atoms with van der Waals surface area (Å²) in [5, 5.41) is 29.1. The molecule has 0 amide bonds. The van der Waals surface area contributed by atoms with Gasteiger partial charge in [0.15, 0.2) is 18.1 Å². The van der Waals surface area contributed by atoms with Crippen LogP contribution >= 0.6 is 15.9 Å². The molecule has 6 heterocycles. The highest BCUT2D eigenvalue weighted by Crippen LogP contribution is 2.14. The third-order valence-electron chi connectivity index (χ3n) is 8.14. The van der Waals surface area contributed by atoms with Crippen molar-refractivity contribution in [2.45, 2.75) is 0 Å². The van der Waals surface area contributed by atoms with Gasteiger partial charge in [-0.15, -0.1) is 0 Å². The van der Waals surface area contributed by atoms with Crippen molar-refractivity contribution in [1.29, 1.82) is 0 Å². The molecule has 0 radical (unpaired) electrons. The number of aliphatic hydroxyl groups excluding tert-OH is 1. The SMILES string of the molecule is CN1CCN(CCO)CC1.Nc1ccc(OCCN2CCOCC2)cn1.O=[N+]([O-])c1ccc(Br)cn1.O=[N+]([O-])c1ccc(OCCN2CCOCC2)cn1. The number of nitrogens with two attached hydrogens (primary N) is 1. The van der Waals surface area contributed by atoms with E-state index in [1.165, 1.54) is 24.5 Å². The van der Waals surface area contributed by atoms with Crippen molar-refractivity contribution >= 4 is 33.4 Å². The molecule has 54 heavy (non-hydrogen) atoms. The molecule has 0 unspecified atom stereocenters. The summed E-state index contributed by atoms with van der Waals surface area (Å²) >= 11 is 3.11. The fourth-order valence-electron chi connectivity index (χ4n) is 4.97. The first-order valence-electron chi connectivity index (χ1n) is 17.6. The molecule has 0 aliphatic carbocycles. The Bertz CT molecular complexity index is 1460. The first-order valence-corrected chi connectivity index (χ1v) is 18.4. The standard InChI is InChI=1S/C11H15N3O4.C11H17N3O2.C7H16N2O.C5H3BrN2O2/c15-14(16)11-2-1-10(9-12-11)18-8-5-13-3-6-17-7-4-13;12-11-2-1-10(9-13-11)16-8-5-14-3-6-15-7-4-14;1-8-2-4-9(5-3-8)6-7-10;6-4-1-2-5(7-3-4)8(9)10/h1-2,9H,3-8H2;1-2,9H,3-8H2,(H2,12,13);10H,2-7H2,1H3;1-3H. The average molecular weight is 824 g/mol. The number of likely N-dealkylation sites (N-methyl/N-ethyl adjacent to an activating group) is 1.